The molecule has 5 heteroatoms. The van der Waals surface area contributed by atoms with E-state index in [1.165, 1.54) is 0 Å². The summed E-state index contributed by atoms with van der Waals surface area (Å²) in [5, 5.41) is 8.53. The number of nitrogens with zero attached hydrogens (tertiary/aromatic N) is 3. The Morgan fingerprint density at radius 2 is 2.31 bits per heavy atom. The second kappa shape index (κ2) is 4.14. The molecular formula is C11H18N4O. The van der Waals surface area contributed by atoms with Crippen LogP contribution < -0.4 is 5.73 Å². The summed E-state index contributed by atoms with van der Waals surface area (Å²) in [4.78, 5) is 0. The van der Waals surface area contributed by atoms with Crippen LogP contribution in [0.25, 0.3) is 0 Å². The normalized spacial score (nSPS) is 29.3. The van der Waals surface area contributed by atoms with E-state index in [-0.39, 0.29) is 6.17 Å². The minimum atomic E-state index is 0.0797. The number of nitrogens with two attached hydrogens (primary N) is 1. The third-order valence-electron chi connectivity index (χ3n) is 3.56. The van der Waals surface area contributed by atoms with Gasteiger partial charge in [0.1, 0.15) is 11.6 Å². The molecule has 0 saturated carbocycles. The van der Waals surface area contributed by atoms with Gasteiger partial charge in [0.2, 0.25) is 0 Å². The predicted molar refractivity (Wildman–Crippen MR) is 58.8 cm³/mol. The number of aryl methyl sites for hydroxylation is 1. The Morgan fingerprint density at radius 3 is 3.12 bits per heavy atom. The number of hydrogen-bond donors (Lipinski definition) is 1. The van der Waals surface area contributed by atoms with Gasteiger partial charge in [-0.05, 0) is 25.2 Å². The molecular weight excluding hydrogens is 204 g/mol. The van der Waals surface area contributed by atoms with Crippen molar-refractivity contribution in [2.45, 2.75) is 38.3 Å². The van der Waals surface area contributed by atoms with E-state index in [0.29, 0.717) is 5.92 Å². The van der Waals surface area contributed by atoms with Crippen molar-refractivity contribution in [1.82, 2.24) is 14.8 Å². The number of rotatable bonds is 2. The Hall–Kier alpha value is -0.940. The maximum absolute atomic E-state index is 6.12. The van der Waals surface area contributed by atoms with Gasteiger partial charge in [-0.1, -0.05) is 0 Å². The minimum Gasteiger partial charge on any atom is -0.381 e. The quantitative estimate of drug-likeness (QED) is 0.798. The van der Waals surface area contributed by atoms with Crippen molar-refractivity contribution < 1.29 is 4.74 Å². The van der Waals surface area contributed by atoms with Gasteiger partial charge in [-0.25, -0.2) is 0 Å². The lowest BCUT2D eigenvalue weighted by Crippen LogP contribution is -2.27. The summed E-state index contributed by atoms with van der Waals surface area (Å²) in [5.41, 5.74) is 6.12. The van der Waals surface area contributed by atoms with E-state index in [9.17, 15) is 0 Å². The Morgan fingerprint density at radius 1 is 1.38 bits per heavy atom. The number of ether oxygens (including phenoxy) is 1. The first kappa shape index (κ1) is 10.2. The third-order valence-corrected chi connectivity index (χ3v) is 3.56. The standard InChI is InChI=1S/C11H18N4O/c12-9-2-1-3-10-13-14-11(15(9)10)6-8-4-5-16-7-8/h8-9H,1-7,12H2. The van der Waals surface area contributed by atoms with Gasteiger partial charge in [-0.15, -0.1) is 10.2 Å². The van der Waals surface area contributed by atoms with E-state index in [0.717, 1.165) is 57.0 Å². The maximum Gasteiger partial charge on any atom is 0.134 e. The van der Waals surface area contributed by atoms with Crippen molar-refractivity contribution in [3.63, 3.8) is 0 Å². The lowest BCUT2D eigenvalue weighted by molar-refractivity contribution is 0.185. The Kier molecular flexibility index (Phi) is 2.65. The summed E-state index contributed by atoms with van der Waals surface area (Å²) in [6, 6.07) is 0. The van der Waals surface area contributed by atoms with Crippen LogP contribution in [0.5, 0.6) is 0 Å². The van der Waals surface area contributed by atoms with Gasteiger partial charge in [-0.3, -0.25) is 4.57 Å². The van der Waals surface area contributed by atoms with Gasteiger partial charge in [-0.2, -0.15) is 0 Å². The lowest BCUT2D eigenvalue weighted by Gasteiger charge is -2.22. The van der Waals surface area contributed by atoms with Gasteiger partial charge in [0.05, 0.1) is 6.17 Å². The molecule has 2 N–H and O–H groups in total. The Bertz CT molecular complexity index is 370. The van der Waals surface area contributed by atoms with E-state index >= 15 is 0 Å². The fraction of sp³-hybridized carbons (Fsp3) is 0.818. The van der Waals surface area contributed by atoms with Crippen molar-refractivity contribution in [3.05, 3.63) is 11.6 Å². The largest absolute Gasteiger partial charge is 0.381 e. The highest BCUT2D eigenvalue weighted by molar-refractivity contribution is 5.02. The van der Waals surface area contributed by atoms with Crippen molar-refractivity contribution in [2.75, 3.05) is 13.2 Å². The molecule has 3 heterocycles. The fourth-order valence-electron chi connectivity index (χ4n) is 2.65. The van der Waals surface area contributed by atoms with Crippen LogP contribution in [0.2, 0.25) is 0 Å². The van der Waals surface area contributed by atoms with Crippen LogP contribution >= 0.6 is 0 Å². The van der Waals surface area contributed by atoms with Crippen LogP contribution in [-0.4, -0.2) is 28.0 Å². The molecule has 0 amide bonds. The second-order valence-electron chi connectivity index (χ2n) is 4.80. The van der Waals surface area contributed by atoms with Gasteiger partial charge in [0, 0.05) is 26.1 Å². The zero-order valence-corrected chi connectivity index (χ0v) is 9.43. The third kappa shape index (κ3) is 1.74. The van der Waals surface area contributed by atoms with Gasteiger partial charge >= 0.3 is 0 Å². The molecule has 0 radical (unpaired) electrons. The van der Waals surface area contributed by atoms with Crippen LogP contribution in [0, 0.1) is 5.92 Å². The van der Waals surface area contributed by atoms with E-state index in [2.05, 4.69) is 14.8 Å². The molecule has 88 valence electrons. The first-order valence-corrected chi connectivity index (χ1v) is 6.10. The van der Waals surface area contributed by atoms with Crippen LogP contribution in [0.4, 0.5) is 0 Å². The van der Waals surface area contributed by atoms with E-state index in [1.54, 1.807) is 0 Å². The average molecular weight is 222 g/mol. The first-order chi connectivity index (χ1) is 7.84. The highest BCUT2D eigenvalue weighted by Crippen LogP contribution is 2.24. The van der Waals surface area contributed by atoms with Crippen LogP contribution in [0.15, 0.2) is 0 Å². The summed E-state index contributed by atoms with van der Waals surface area (Å²) in [7, 11) is 0. The highest BCUT2D eigenvalue weighted by atomic mass is 16.5. The van der Waals surface area contributed by atoms with Crippen LogP contribution in [0.1, 0.15) is 37.1 Å². The minimum absolute atomic E-state index is 0.0797. The van der Waals surface area contributed by atoms with Crippen LogP contribution in [0.3, 0.4) is 0 Å². The summed E-state index contributed by atoms with van der Waals surface area (Å²) in [5.74, 6) is 2.72. The lowest BCUT2D eigenvalue weighted by atomic mass is 10.0. The highest BCUT2D eigenvalue weighted by Gasteiger charge is 2.25. The Labute approximate surface area is 95.0 Å². The monoisotopic (exact) mass is 222 g/mol. The molecule has 2 aliphatic heterocycles. The van der Waals surface area contributed by atoms with Crippen molar-refractivity contribution >= 4 is 0 Å². The van der Waals surface area contributed by atoms with E-state index < -0.39 is 0 Å². The second-order valence-corrected chi connectivity index (χ2v) is 4.80. The molecule has 0 aromatic carbocycles. The molecule has 2 aliphatic rings. The molecule has 1 saturated heterocycles. The molecule has 1 fully saturated rings. The molecule has 0 spiro atoms. The zero-order chi connectivity index (χ0) is 11.0. The summed E-state index contributed by atoms with van der Waals surface area (Å²) < 4.78 is 7.53. The van der Waals surface area contributed by atoms with Gasteiger partial charge in [0.25, 0.3) is 0 Å². The zero-order valence-electron chi connectivity index (χ0n) is 9.43. The molecule has 1 aromatic heterocycles. The predicted octanol–water partition coefficient (Wildman–Crippen LogP) is 0.651. The first-order valence-electron chi connectivity index (χ1n) is 6.10. The molecule has 0 aliphatic carbocycles. The summed E-state index contributed by atoms with van der Waals surface area (Å²) >= 11 is 0. The Balaban J connectivity index is 1.81. The molecule has 2 unspecified atom stereocenters. The van der Waals surface area contributed by atoms with E-state index in [1.807, 2.05) is 0 Å². The number of fused-ring (bicyclic) bond motifs is 1. The van der Waals surface area contributed by atoms with E-state index in [4.69, 9.17) is 10.5 Å². The molecule has 1 aromatic rings. The van der Waals surface area contributed by atoms with Gasteiger partial charge in [0.15, 0.2) is 0 Å². The number of aromatic nitrogens is 3. The SMILES string of the molecule is NC1CCCc2nnc(CC3CCOC3)n21. The number of hydrogen-bond acceptors (Lipinski definition) is 4. The van der Waals surface area contributed by atoms with Gasteiger partial charge < -0.3 is 10.5 Å². The fourth-order valence-corrected chi connectivity index (χ4v) is 2.65. The maximum atomic E-state index is 6.12. The molecule has 3 rings (SSSR count). The molecule has 5 nitrogen and oxygen atoms in total. The molecule has 0 bridgehead atoms. The molecule has 16 heavy (non-hydrogen) atoms. The average Bonchev–Trinajstić information content (AvgIpc) is 2.90. The topological polar surface area (TPSA) is 66.0 Å². The molecule has 2 atom stereocenters. The smallest absolute Gasteiger partial charge is 0.134 e. The van der Waals surface area contributed by atoms with Crippen molar-refractivity contribution in [3.8, 4) is 0 Å². The van der Waals surface area contributed by atoms with Crippen molar-refractivity contribution in [1.29, 1.82) is 0 Å². The van der Waals surface area contributed by atoms with Crippen LogP contribution in [-0.2, 0) is 17.6 Å². The summed E-state index contributed by atoms with van der Waals surface area (Å²) in [6.45, 7) is 1.75. The summed E-state index contributed by atoms with van der Waals surface area (Å²) in [6.07, 6.45) is 5.36. The van der Waals surface area contributed by atoms with Crippen molar-refractivity contribution in [2.24, 2.45) is 11.7 Å².